The van der Waals surface area contributed by atoms with Gasteiger partial charge in [-0.1, -0.05) is 11.6 Å². The second-order valence-electron chi connectivity index (χ2n) is 4.51. The summed E-state index contributed by atoms with van der Waals surface area (Å²) in [5.74, 6) is 0.960. The molecular formula is C15H15ClN2O. The van der Waals surface area contributed by atoms with Gasteiger partial charge in [0, 0.05) is 22.1 Å². The molecule has 2 heterocycles. The number of benzene rings is 1. The molecular weight excluding hydrogens is 260 g/mol. The number of rotatable bonds is 5. The van der Waals surface area contributed by atoms with Crippen LogP contribution in [0.25, 0.3) is 10.9 Å². The summed E-state index contributed by atoms with van der Waals surface area (Å²) in [5, 5.41) is 5.34. The van der Waals surface area contributed by atoms with Crippen molar-refractivity contribution in [1.29, 1.82) is 0 Å². The van der Waals surface area contributed by atoms with Gasteiger partial charge in [-0.05, 0) is 48.9 Å². The molecule has 1 aromatic carbocycles. The maximum Gasteiger partial charge on any atom is 0.117 e. The molecule has 2 aromatic heterocycles. The van der Waals surface area contributed by atoms with Crippen molar-refractivity contribution < 1.29 is 4.42 Å². The first-order chi connectivity index (χ1) is 9.33. The predicted molar refractivity (Wildman–Crippen MR) is 77.4 cm³/mol. The second-order valence-corrected chi connectivity index (χ2v) is 4.95. The third kappa shape index (κ3) is 2.83. The van der Waals surface area contributed by atoms with Crippen LogP contribution in [0.4, 0.5) is 0 Å². The number of hydrogen-bond donors (Lipinski definition) is 2. The molecule has 3 rings (SSSR count). The number of furan rings is 1. The number of fused-ring (bicyclic) bond motifs is 1. The van der Waals surface area contributed by atoms with Gasteiger partial charge < -0.3 is 14.7 Å². The molecule has 3 nitrogen and oxygen atoms in total. The van der Waals surface area contributed by atoms with Crippen LogP contribution in [0, 0.1) is 0 Å². The van der Waals surface area contributed by atoms with E-state index in [0.29, 0.717) is 0 Å². The van der Waals surface area contributed by atoms with E-state index in [2.05, 4.69) is 16.5 Å². The van der Waals surface area contributed by atoms with Crippen molar-refractivity contribution in [3.8, 4) is 0 Å². The van der Waals surface area contributed by atoms with Crippen molar-refractivity contribution >= 4 is 22.5 Å². The minimum Gasteiger partial charge on any atom is -0.468 e. The van der Waals surface area contributed by atoms with E-state index in [1.54, 1.807) is 6.26 Å². The summed E-state index contributed by atoms with van der Waals surface area (Å²) in [6.45, 7) is 1.66. The highest BCUT2D eigenvalue weighted by molar-refractivity contribution is 6.31. The van der Waals surface area contributed by atoms with Gasteiger partial charge in [-0.15, -0.1) is 0 Å². The molecule has 0 aliphatic carbocycles. The van der Waals surface area contributed by atoms with Crippen LogP contribution in [-0.4, -0.2) is 11.5 Å². The molecule has 0 saturated heterocycles. The molecule has 19 heavy (non-hydrogen) atoms. The summed E-state index contributed by atoms with van der Waals surface area (Å²) in [5.41, 5.74) is 2.41. The van der Waals surface area contributed by atoms with Crippen LogP contribution in [0.3, 0.4) is 0 Å². The Kier molecular flexibility index (Phi) is 3.58. The van der Waals surface area contributed by atoms with Gasteiger partial charge in [-0.2, -0.15) is 0 Å². The van der Waals surface area contributed by atoms with Crippen molar-refractivity contribution in [2.45, 2.75) is 13.0 Å². The summed E-state index contributed by atoms with van der Waals surface area (Å²) in [4.78, 5) is 3.26. The standard InChI is InChI=1S/C15H15ClN2O/c16-12-3-4-15-14(8-12)11(9-18-15)5-6-17-10-13-2-1-7-19-13/h1-4,7-9,17-18H,5-6,10H2. The quantitative estimate of drug-likeness (QED) is 0.696. The Bertz CT molecular complexity index is 658. The number of aromatic nitrogens is 1. The van der Waals surface area contributed by atoms with Gasteiger partial charge in [0.25, 0.3) is 0 Å². The molecule has 4 heteroatoms. The molecule has 0 bridgehead atoms. The van der Waals surface area contributed by atoms with Crippen molar-refractivity contribution in [1.82, 2.24) is 10.3 Å². The average Bonchev–Trinajstić information content (AvgIpc) is 3.04. The van der Waals surface area contributed by atoms with E-state index in [-0.39, 0.29) is 0 Å². The Labute approximate surface area is 116 Å². The molecule has 2 N–H and O–H groups in total. The minimum absolute atomic E-state index is 0.760. The molecule has 0 fully saturated rings. The molecule has 0 aliphatic heterocycles. The molecule has 0 atom stereocenters. The molecule has 0 aliphatic rings. The number of H-pyrrole nitrogens is 1. The predicted octanol–water partition coefficient (Wildman–Crippen LogP) is 3.75. The molecule has 3 aromatic rings. The highest BCUT2D eigenvalue weighted by Crippen LogP contribution is 2.22. The van der Waals surface area contributed by atoms with E-state index in [1.807, 2.05) is 30.3 Å². The lowest BCUT2D eigenvalue weighted by Crippen LogP contribution is -2.16. The average molecular weight is 275 g/mol. The van der Waals surface area contributed by atoms with E-state index < -0.39 is 0 Å². The van der Waals surface area contributed by atoms with Crippen LogP contribution in [0.15, 0.2) is 47.2 Å². The zero-order valence-electron chi connectivity index (χ0n) is 10.4. The molecule has 0 amide bonds. The number of hydrogen-bond acceptors (Lipinski definition) is 2. The zero-order valence-corrected chi connectivity index (χ0v) is 11.2. The van der Waals surface area contributed by atoms with Crippen LogP contribution in [0.2, 0.25) is 5.02 Å². The summed E-state index contributed by atoms with van der Waals surface area (Å²) < 4.78 is 5.27. The first kappa shape index (κ1) is 12.3. The largest absolute Gasteiger partial charge is 0.468 e. The smallest absolute Gasteiger partial charge is 0.117 e. The van der Waals surface area contributed by atoms with Crippen molar-refractivity contribution in [3.63, 3.8) is 0 Å². The van der Waals surface area contributed by atoms with Gasteiger partial charge in [-0.25, -0.2) is 0 Å². The van der Waals surface area contributed by atoms with Crippen molar-refractivity contribution in [2.24, 2.45) is 0 Å². The molecule has 0 unspecified atom stereocenters. The Morgan fingerprint density at radius 1 is 1.26 bits per heavy atom. The van der Waals surface area contributed by atoms with E-state index in [4.69, 9.17) is 16.0 Å². The summed E-state index contributed by atoms with van der Waals surface area (Å²) in [6, 6.07) is 9.79. The minimum atomic E-state index is 0.760. The lowest BCUT2D eigenvalue weighted by molar-refractivity contribution is 0.484. The lowest BCUT2D eigenvalue weighted by Gasteiger charge is -2.02. The van der Waals surface area contributed by atoms with E-state index >= 15 is 0 Å². The van der Waals surface area contributed by atoms with Gasteiger partial charge in [0.05, 0.1) is 12.8 Å². The van der Waals surface area contributed by atoms with E-state index in [9.17, 15) is 0 Å². The van der Waals surface area contributed by atoms with Crippen LogP contribution < -0.4 is 5.32 Å². The maximum absolute atomic E-state index is 6.03. The second kappa shape index (κ2) is 5.51. The summed E-state index contributed by atoms with van der Waals surface area (Å²) in [6.07, 6.45) is 4.70. The first-order valence-corrected chi connectivity index (χ1v) is 6.69. The Hall–Kier alpha value is -1.71. The topological polar surface area (TPSA) is 41.0 Å². The van der Waals surface area contributed by atoms with Gasteiger partial charge in [-0.3, -0.25) is 0 Å². The number of halogens is 1. The van der Waals surface area contributed by atoms with Crippen molar-refractivity contribution in [2.75, 3.05) is 6.54 Å². The Morgan fingerprint density at radius 2 is 2.21 bits per heavy atom. The number of nitrogens with one attached hydrogen (secondary N) is 2. The van der Waals surface area contributed by atoms with Crippen LogP contribution in [0.1, 0.15) is 11.3 Å². The molecule has 98 valence electrons. The molecule has 0 spiro atoms. The maximum atomic E-state index is 6.03. The van der Waals surface area contributed by atoms with Crippen molar-refractivity contribution in [3.05, 3.63) is 59.1 Å². The number of aromatic amines is 1. The fraction of sp³-hybridized carbons (Fsp3) is 0.200. The van der Waals surface area contributed by atoms with Gasteiger partial charge in [0.15, 0.2) is 0 Å². The van der Waals surface area contributed by atoms with Gasteiger partial charge in [0.2, 0.25) is 0 Å². The normalized spacial score (nSPS) is 11.2. The van der Waals surface area contributed by atoms with E-state index in [1.165, 1.54) is 10.9 Å². The molecule has 0 radical (unpaired) electrons. The monoisotopic (exact) mass is 274 g/mol. The van der Waals surface area contributed by atoms with Gasteiger partial charge >= 0.3 is 0 Å². The lowest BCUT2D eigenvalue weighted by atomic mass is 10.1. The highest BCUT2D eigenvalue weighted by atomic mass is 35.5. The van der Waals surface area contributed by atoms with Crippen LogP contribution in [0.5, 0.6) is 0 Å². The Balaban J connectivity index is 1.60. The SMILES string of the molecule is Clc1ccc2[nH]cc(CCNCc3ccco3)c2c1. The fourth-order valence-corrected chi connectivity index (χ4v) is 2.38. The highest BCUT2D eigenvalue weighted by Gasteiger charge is 2.04. The third-order valence-corrected chi connectivity index (χ3v) is 3.42. The first-order valence-electron chi connectivity index (χ1n) is 6.31. The fourth-order valence-electron chi connectivity index (χ4n) is 2.21. The summed E-state index contributed by atoms with van der Waals surface area (Å²) >= 11 is 6.03. The van der Waals surface area contributed by atoms with Crippen LogP contribution in [-0.2, 0) is 13.0 Å². The van der Waals surface area contributed by atoms with E-state index in [0.717, 1.165) is 35.8 Å². The van der Waals surface area contributed by atoms with Crippen LogP contribution >= 0.6 is 11.6 Å². The zero-order chi connectivity index (χ0) is 13.1. The third-order valence-electron chi connectivity index (χ3n) is 3.18. The summed E-state index contributed by atoms with van der Waals surface area (Å²) in [7, 11) is 0. The Morgan fingerprint density at radius 3 is 3.05 bits per heavy atom. The molecule has 0 saturated carbocycles. The van der Waals surface area contributed by atoms with Gasteiger partial charge in [0.1, 0.15) is 5.76 Å².